The number of nitrogens with zero attached hydrogens (tertiary/aromatic N) is 4. The summed E-state index contributed by atoms with van der Waals surface area (Å²) in [5.74, 6) is 0. The minimum atomic E-state index is -1.01. The van der Waals surface area contributed by atoms with E-state index in [0.29, 0.717) is 36.8 Å². The first-order valence-electron chi connectivity index (χ1n) is 12.4. The summed E-state index contributed by atoms with van der Waals surface area (Å²) < 4.78 is 6.97. The van der Waals surface area contributed by atoms with Gasteiger partial charge in [0.05, 0.1) is 23.3 Å². The maximum atomic E-state index is 13.1. The van der Waals surface area contributed by atoms with Crippen LogP contribution in [0.2, 0.25) is 0 Å². The van der Waals surface area contributed by atoms with Gasteiger partial charge in [-0.05, 0) is 64.7 Å². The van der Waals surface area contributed by atoms with Crippen molar-refractivity contribution in [1.82, 2.24) is 19.8 Å². The topological polar surface area (TPSA) is 120 Å². The highest BCUT2D eigenvalue weighted by Crippen LogP contribution is 2.43. The van der Waals surface area contributed by atoms with E-state index < -0.39 is 24.1 Å². The number of likely N-dealkylation sites (tertiary alicyclic amines) is 1. The van der Waals surface area contributed by atoms with Crippen molar-refractivity contribution >= 4 is 22.7 Å². The van der Waals surface area contributed by atoms with Gasteiger partial charge in [-0.25, -0.2) is 9.78 Å². The third kappa shape index (κ3) is 4.74. The lowest BCUT2D eigenvalue weighted by Crippen LogP contribution is -2.61. The van der Waals surface area contributed by atoms with Gasteiger partial charge in [0.15, 0.2) is 0 Å². The second-order valence-electron chi connectivity index (χ2n) is 11.3. The van der Waals surface area contributed by atoms with Crippen molar-refractivity contribution in [2.24, 2.45) is 5.41 Å². The third-order valence-electron chi connectivity index (χ3n) is 7.48. The Balaban J connectivity index is 1.24. The van der Waals surface area contributed by atoms with Crippen LogP contribution in [-0.2, 0) is 4.74 Å². The summed E-state index contributed by atoms with van der Waals surface area (Å²) in [5.41, 5.74) is 1.19. The van der Waals surface area contributed by atoms with Gasteiger partial charge in [0, 0.05) is 37.3 Å². The van der Waals surface area contributed by atoms with Crippen molar-refractivity contribution in [3.63, 3.8) is 0 Å². The molecule has 0 saturated carbocycles. The van der Waals surface area contributed by atoms with E-state index in [2.05, 4.69) is 15.2 Å². The standard InChI is InChI=1S/C25H35N5O5/c1-24(2,3)35-23(34)28-10-8-25(9-11-28)13-29(14-25)16-4-5-17-18(12-16)26-15-30(22(17)33)19-6-7-20(31)27-21(19)32/h4-5,12,15,19-21,27,31-32H,6-11,13-14H2,1-3H3. The van der Waals surface area contributed by atoms with Crippen molar-refractivity contribution in [3.05, 3.63) is 34.9 Å². The number of rotatable bonds is 2. The number of fused-ring (bicyclic) bond motifs is 1. The van der Waals surface area contributed by atoms with Gasteiger partial charge in [-0.1, -0.05) is 0 Å². The minimum Gasteiger partial charge on any atom is -0.444 e. The first-order valence-corrected chi connectivity index (χ1v) is 12.4. The maximum absolute atomic E-state index is 13.1. The van der Waals surface area contributed by atoms with E-state index in [1.165, 1.54) is 10.9 Å². The molecule has 3 atom stereocenters. The smallest absolute Gasteiger partial charge is 0.410 e. The number of carbonyl (C=O) groups is 1. The first kappa shape index (κ1) is 24.0. The number of carbonyl (C=O) groups excluding carboxylic acids is 1. The second kappa shape index (κ2) is 8.76. The van der Waals surface area contributed by atoms with E-state index in [0.717, 1.165) is 31.6 Å². The molecule has 2 aromatic rings. The molecule has 5 rings (SSSR count). The fraction of sp³-hybridized carbons (Fsp3) is 0.640. The number of amides is 1. The van der Waals surface area contributed by atoms with Crippen molar-refractivity contribution in [2.75, 3.05) is 31.1 Å². The van der Waals surface area contributed by atoms with E-state index in [1.54, 1.807) is 0 Å². The largest absolute Gasteiger partial charge is 0.444 e. The molecule has 35 heavy (non-hydrogen) atoms. The van der Waals surface area contributed by atoms with E-state index in [9.17, 15) is 19.8 Å². The second-order valence-corrected chi connectivity index (χ2v) is 11.3. The van der Waals surface area contributed by atoms with Gasteiger partial charge in [0.1, 0.15) is 18.1 Å². The van der Waals surface area contributed by atoms with Crippen molar-refractivity contribution in [2.45, 2.75) is 70.6 Å². The number of aliphatic hydroxyl groups is 2. The molecule has 190 valence electrons. The molecule has 1 spiro atoms. The zero-order valence-corrected chi connectivity index (χ0v) is 20.6. The Bertz CT molecular complexity index is 1160. The van der Waals surface area contributed by atoms with Gasteiger partial charge in [0.25, 0.3) is 5.56 Å². The molecule has 1 aromatic carbocycles. The molecule has 3 aliphatic rings. The molecule has 0 aliphatic carbocycles. The summed E-state index contributed by atoms with van der Waals surface area (Å²) in [6, 6.07) is 5.24. The number of hydrogen-bond acceptors (Lipinski definition) is 8. The lowest BCUT2D eigenvalue weighted by atomic mass is 9.72. The molecule has 1 amide bonds. The van der Waals surface area contributed by atoms with Crippen LogP contribution < -0.4 is 15.8 Å². The van der Waals surface area contributed by atoms with E-state index >= 15 is 0 Å². The first-order chi connectivity index (χ1) is 16.5. The van der Waals surface area contributed by atoms with Crippen LogP contribution in [0.15, 0.2) is 29.3 Å². The van der Waals surface area contributed by atoms with Crippen molar-refractivity contribution in [3.8, 4) is 0 Å². The van der Waals surface area contributed by atoms with Crippen LogP contribution in [0.25, 0.3) is 10.9 Å². The zero-order chi connectivity index (χ0) is 25.0. The van der Waals surface area contributed by atoms with Gasteiger partial charge in [0.2, 0.25) is 0 Å². The summed E-state index contributed by atoms with van der Waals surface area (Å²) in [5, 5.41) is 23.1. The average Bonchev–Trinajstić information content (AvgIpc) is 2.77. The van der Waals surface area contributed by atoms with Crippen LogP contribution in [0.5, 0.6) is 0 Å². The highest BCUT2D eigenvalue weighted by atomic mass is 16.6. The summed E-state index contributed by atoms with van der Waals surface area (Å²) in [6.45, 7) is 8.90. The Morgan fingerprint density at radius 3 is 2.54 bits per heavy atom. The molecule has 10 heteroatoms. The fourth-order valence-corrected chi connectivity index (χ4v) is 5.48. The highest BCUT2D eigenvalue weighted by molar-refractivity contribution is 5.81. The number of benzene rings is 1. The molecule has 3 N–H and O–H groups in total. The van der Waals surface area contributed by atoms with E-state index in [-0.39, 0.29) is 17.1 Å². The molecule has 0 radical (unpaired) electrons. The predicted molar refractivity (Wildman–Crippen MR) is 131 cm³/mol. The fourth-order valence-electron chi connectivity index (χ4n) is 5.48. The molecular weight excluding hydrogens is 450 g/mol. The SMILES string of the molecule is CC(C)(C)OC(=O)N1CCC2(CC1)CN(c1ccc3c(=O)n(C4CCC(O)NC4O)cnc3c1)C2. The zero-order valence-electron chi connectivity index (χ0n) is 20.6. The lowest BCUT2D eigenvalue weighted by molar-refractivity contribution is -0.0287. The minimum absolute atomic E-state index is 0.196. The van der Waals surface area contributed by atoms with Gasteiger partial charge in [-0.2, -0.15) is 0 Å². The van der Waals surface area contributed by atoms with Crippen LogP contribution in [0.1, 0.15) is 52.5 Å². The van der Waals surface area contributed by atoms with Gasteiger partial charge >= 0.3 is 6.09 Å². The molecule has 1 aromatic heterocycles. The molecule has 3 aliphatic heterocycles. The van der Waals surface area contributed by atoms with E-state index in [1.807, 2.05) is 43.9 Å². The van der Waals surface area contributed by atoms with Crippen LogP contribution >= 0.6 is 0 Å². The number of ether oxygens (including phenoxy) is 1. The van der Waals surface area contributed by atoms with Gasteiger partial charge in [-0.3, -0.25) is 14.7 Å². The predicted octanol–water partition coefficient (Wildman–Crippen LogP) is 1.80. The molecule has 10 nitrogen and oxygen atoms in total. The van der Waals surface area contributed by atoms with Crippen molar-refractivity contribution in [1.29, 1.82) is 0 Å². The van der Waals surface area contributed by atoms with Crippen LogP contribution in [0.4, 0.5) is 10.5 Å². The number of anilines is 1. The number of aromatic nitrogens is 2. The monoisotopic (exact) mass is 485 g/mol. The molecule has 0 bridgehead atoms. The Kier molecular flexibility index (Phi) is 6.01. The summed E-state index contributed by atoms with van der Waals surface area (Å²) >= 11 is 0. The van der Waals surface area contributed by atoms with Crippen LogP contribution in [0, 0.1) is 5.41 Å². The molecular formula is C25H35N5O5. The summed E-state index contributed by atoms with van der Waals surface area (Å²) in [4.78, 5) is 34.1. The quantitative estimate of drug-likeness (QED) is 0.589. The normalized spacial score (nSPS) is 26.6. The third-order valence-corrected chi connectivity index (χ3v) is 7.48. The molecule has 3 saturated heterocycles. The summed E-state index contributed by atoms with van der Waals surface area (Å²) in [7, 11) is 0. The molecule has 3 fully saturated rings. The van der Waals surface area contributed by atoms with Crippen LogP contribution in [0.3, 0.4) is 0 Å². The lowest BCUT2D eigenvalue weighted by Gasteiger charge is -2.55. The number of aliphatic hydroxyl groups excluding tert-OH is 2. The molecule has 4 heterocycles. The van der Waals surface area contributed by atoms with Gasteiger partial charge < -0.3 is 24.7 Å². The highest BCUT2D eigenvalue weighted by Gasteiger charge is 2.46. The number of piperidine rings is 2. The van der Waals surface area contributed by atoms with E-state index in [4.69, 9.17) is 4.74 Å². The van der Waals surface area contributed by atoms with Crippen molar-refractivity contribution < 1.29 is 19.7 Å². The Labute approximate surface area is 204 Å². The number of hydrogen-bond donors (Lipinski definition) is 3. The number of nitrogens with one attached hydrogen (secondary N) is 1. The Morgan fingerprint density at radius 2 is 1.89 bits per heavy atom. The Hall–Kier alpha value is -2.69. The maximum Gasteiger partial charge on any atom is 0.410 e. The Morgan fingerprint density at radius 1 is 1.17 bits per heavy atom. The average molecular weight is 486 g/mol. The van der Waals surface area contributed by atoms with Crippen LogP contribution in [-0.4, -0.2) is 75.0 Å². The van der Waals surface area contributed by atoms with Gasteiger partial charge in [-0.15, -0.1) is 0 Å². The molecule has 3 unspecified atom stereocenters. The summed E-state index contributed by atoms with van der Waals surface area (Å²) in [6.07, 6.45) is 2.33.